The van der Waals surface area contributed by atoms with E-state index in [0.29, 0.717) is 24.4 Å². The molecule has 4 rings (SSSR count). The summed E-state index contributed by atoms with van der Waals surface area (Å²) in [7, 11) is 0. The van der Waals surface area contributed by atoms with Crippen LogP contribution in [0.15, 0.2) is 107 Å². The number of allylic oxidation sites excluding steroid dienone is 12. The van der Waals surface area contributed by atoms with Crippen LogP contribution in [-0.4, -0.2) is 40.3 Å². The maximum Gasteiger partial charge on any atom is 0.119 e. The van der Waals surface area contributed by atoms with Gasteiger partial charge in [0, 0.05) is 30.5 Å². The van der Waals surface area contributed by atoms with E-state index in [1.807, 2.05) is 12.2 Å². The van der Waals surface area contributed by atoms with Crippen molar-refractivity contribution in [2.75, 3.05) is 13.2 Å². The van der Waals surface area contributed by atoms with E-state index in [-0.39, 0.29) is 17.6 Å². The molecule has 1 aromatic rings. The van der Waals surface area contributed by atoms with Crippen LogP contribution >= 0.6 is 0 Å². The van der Waals surface area contributed by atoms with Crippen LogP contribution in [0, 0.1) is 11.8 Å². The summed E-state index contributed by atoms with van der Waals surface area (Å²) in [4.78, 5) is 2.44. The lowest BCUT2D eigenvalue weighted by Gasteiger charge is -2.30. The molecule has 0 spiro atoms. The highest BCUT2D eigenvalue weighted by atomic mass is 16.5. The van der Waals surface area contributed by atoms with E-state index in [1.165, 1.54) is 16.7 Å². The first-order chi connectivity index (χ1) is 17.3. The van der Waals surface area contributed by atoms with E-state index < -0.39 is 0 Å². The molecule has 0 radical (unpaired) electrons. The lowest BCUT2D eigenvalue weighted by Crippen LogP contribution is -2.39. The maximum absolute atomic E-state index is 9.99. The number of aliphatic hydroxyl groups excluding tert-OH is 2. The minimum absolute atomic E-state index is 0.133. The molecular weight excluding hydrogens is 446 g/mol. The third-order valence-corrected chi connectivity index (χ3v) is 7.12. The summed E-state index contributed by atoms with van der Waals surface area (Å²) < 4.78 is 6.05. The molecule has 2 atom stereocenters. The van der Waals surface area contributed by atoms with E-state index in [0.717, 1.165) is 30.7 Å². The Bertz CT molecular complexity index is 1130. The second kappa shape index (κ2) is 11.7. The Morgan fingerprint density at radius 2 is 1.67 bits per heavy atom. The van der Waals surface area contributed by atoms with E-state index in [2.05, 4.69) is 87.2 Å². The summed E-state index contributed by atoms with van der Waals surface area (Å²) in [5.41, 5.74) is 4.83. The molecule has 0 saturated heterocycles. The Morgan fingerprint density at radius 3 is 2.33 bits per heavy atom. The number of hydrogen-bond acceptors (Lipinski definition) is 4. The van der Waals surface area contributed by atoms with Crippen molar-refractivity contribution in [3.63, 3.8) is 0 Å². The number of benzene rings is 1. The third-order valence-electron chi connectivity index (χ3n) is 7.12. The van der Waals surface area contributed by atoms with Gasteiger partial charge in [-0.3, -0.25) is 4.90 Å². The zero-order valence-corrected chi connectivity index (χ0v) is 21.9. The average Bonchev–Trinajstić information content (AvgIpc) is 3.02. The normalized spacial score (nSPS) is 21.5. The van der Waals surface area contributed by atoms with Crippen molar-refractivity contribution in [2.24, 2.45) is 11.8 Å². The van der Waals surface area contributed by atoms with Gasteiger partial charge in [0.2, 0.25) is 0 Å². The highest BCUT2D eigenvalue weighted by molar-refractivity contribution is 5.51. The highest BCUT2D eigenvalue weighted by Gasteiger charge is 2.22. The molecule has 0 aliphatic heterocycles. The molecule has 0 aromatic heterocycles. The fourth-order valence-corrected chi connectivity index (χ4v) is 5.21. The second-order valence-electron chi connectivity index (χ2n) is 10.4. The third kappa shape index (κ3) is 6.50. The molecule has 2 N–H and O–H groups in total. The van der Waals surface area contributed by atoms with Crippen molar-refractivity contribution in [2.45, 2.75) is 52.6 Å². The van der Waals surface area contributed by atoms with E-state index in [9.17, 15) is 10.2 Å². The molecule has 2 unspecified atom stereocenters. The smallest absolute Gasteiger partial charge is 0.119 e. The fraction of sp³-hybridized carbons (Fsp3) is 0.375. The van der Waals surface area contributed by atoms with E-state index in [4.69, 9.17) is 4.74 Å². The molecule has 3 aliphatic rings. The first kappa shape index (κ1) is 25.8. The van der Waals surface area contributed by atoms with Gasteiger partial charge in [-0.15, -0.1) is 0 Å². The van der Waals surface area contributed by atoms with Gasteiger partial charge in [0.1, 0.15) is 23.9 Å². The molecule has 36 heavy (non-hydrogen) atoms. The number of nitrogens with zero attached hydrogens (tertiary/aromatic N) is 1. The van der Waals surface area contributed by atoms with E-state index in [1.54, 1.807) is 12.2 Å². The predicted molar refractivity (Wildman–Crippen MR) is 148 cm³/mol. The first-order valence-electron chi connectivity index (χ1n) is 13.1. The summed E-state index contributed by atoms with van der Waals surface area (Å²) in [6.45, 7) is 10.5. The predicted octanol–water partition coefficient (Wildman–Crippen LogP) is 7.17. The zero-order chi connectivity index (χ0) is 25.7. The van der Waals surface area contributed by atoms with Crippen molar-refractivity contribution < 1.29 is 14.9 Å². The number of fused-ring (bicyclic) bond motifs is 1. The lowest BCUT2D eigenvalue weighted by molar-refractivity contribution is 0.142. The molecule has 190 valence electrons. The summed E-state index contributed by atoms with van der Waals surface area (Å²) in [6, 6.07) is 9.44. The summed E-state index contributed by atoms with van der Waals surface area (Å²) >= 11 is 0. The Morgan fingerprint density at radius 1 is 0.944 bits per heavy atom. The summed E-state index contributed by atoms with van der Waals surface area (Å²) in [5, 5.41) is 19.8. The first-order valence-corrected chi connectivity index (χ1v) is 13.1. The molecule has 1 aromatic carbocycles. The second-order valence-corrected chi connectivity index (χ2v) is 10.4. The van der Waals surface area contributed by atoms with Crippen molar-refractivity contribution in [3.05, 3.63) is 113 Å². The van der Waals surface area contributed by atoms with Gasteiger partial charge in [-0.05, 0) is 99.3 Å². The quantitative estimate of drug-likeness (QED) is 0.389. The van der Waals surface area contributed by atoms with Crippen molar-refractivity contribution in [1.82, 2.24) is 4.90 Å². The maximum atomic E-state index is 9.99. The van der Waals surface area contributed by atoms with Crippen LogP contribution in [0.25, 0.3) is 0 Å². The Hall–Kier alpha value is -3.24. The molecule has 4 heteroatoms. The standard InChI is InChI=1S/C32H39NO3/c1-22(2)33(23(3)4)17-18-36-31-14-5-24(6-15-31)19-28-20-26-9-13-30(35)21-27(26)10-16-32(28)25-7-11-29(34)12-8-25/h5-7,9-16,20-23,25-26,34-35H,8,17-19H2,1-4H3. The zero-order valence-electron chi connectivity index (χ0n) is 21.9. The Balaban J connectivity index is 1.48. The number of rotatable bonds is 9. The van der Waals surface area contributed by atoms with Crippen LogP contribution in [0.1, 0.15) is 39.7 Å². The van der Waals surface area contributed by atoms with Gasteiger partial charge in [-0.2, -0.15) is 0 Å². The SMILES string of the molecule is CC(C)N(CCOc1ccc(CC2=CC3C=CC(O)=CC3=CC=C2C2C=CC(O)=CC2)cc1)C(C)C. The minimum Gasteiger partial charge on any atom is -0.508 e. The molecule has 0 heterocycles. The topological polar surface area (TPSA) is 52.9 Å². The number of aliphatic hydroxyl groups is 2. The molecule has 0 fully saturated rings. The summed E-state index contributed by atoms with van der Waals surface area (Å²) in [6.07, 6.45) is 19.6. The Labute approximate surface area is 216 Å². The molecule has 4 nitrogen and oxygen atoms in total. The average molecular weight is 486 g/mol. The van der Waals surface area contributed by atoms with Crippen LogP contribution < -0.4 is 4.74 Å². The van der Waals surface area contributed by atoms with Crippen LogP contribution in [0.4, 0.5) is 0 Å². The number of hydrogen-bond donors (Lipinski definition) is 2. The van der Waals surface area contributed by atoms with Gasteiger partial charge in [0.05, 0.1) is 0 Å². The van der Waals surface area contributed by atoms with Crippen molar-refractivity contribution in [1.29, 1.82) is 0 Å². The minimum atomic E-state index is 0.133. The largest absolute Gasteiger partial charge is 0.508 e. The van der Waals surface area contributed by atoms with Gasteiger partial charge in [-0.1, -0.05) is 42.5 Å². The van der Waals surface area contributed by atoms with Gasteiger partial charge in [0.25, 0.3) is 0 Å². The molecular formula is C32H39NO3. The highest BCUT2D eigenvalue weighted by Crippen LogP contribution is 2.36. The molecule has 0 amide bonds. The van der Waals surface area contributed by atoms with Crippen LogP contribution in [0.3, 0.4) is 0 Å². The van der Waals surface area contributed by atoms with Gasteiger partial charge >= 0.3 is 0 Å². The van der Waals surface area contributed by atoms with Gasteiger partial charge < -0.3 is 14.9 Å². The Kier molecular flexibility index (Phi) is 8.37. The number of ether oxygens (including phenoxy) is 1. The van der Waals surface area contributed by atoms with Crippen LogP contribution in [0.5, 0.6) is 5.75 Å². The van der Waals surface area contributed by atoms with Crippen molar-refractivity contribution >= 4 is 0 Å². The molecule has 0 bridgehead atoms. The van der Waals surface area contributed by atoms with Crippen molar-refractivity contribution in [3.8, 4) is 5.75 Å². The monoisotopic (exact) mass is 485 g/mol. The fourth-order valence-electron chi connectivity index (χ4n) is 5.21. The molecule has 0 saturated carbocycles. The lowest BCUT2D eigenvalue weighted by atomic mass is 9.83. The summed E-state index contributed by atoms with van der Waals surface area (Å²) in [5.74, 6) is 1.85. The van der Waals surface area contributed by atoms with Crippen LogP contribution in [0.2, 0.25) is 0 Å². The van der Waals surface area contributed by atoms with E-state index >= 15 is 0 Å². The van der Waals surface area contributed by atoms with Gasteiger partial charge in [0.15, 0.2) is 0 Å². The van der Waals surface area contributed by atoms with Crippen LogP contribution in [-0.2, 0) is 6.42 Å². The van der Waals surface area contributed by atoms with Gasteiger partial charge in [-0.25, -0.2) is 0 Å². The molecule has 3 aliphatic carbocycles.